The van der Waals surface area contributed by atoms with E-state index in [1.165, 1.54) is 0 Å². The molecular formula is C15H15ClN2O3. The van der Waals surface area contributed by atoms with Crippen LogP contribution in [0.25, 0.3) is 0 Å². The third-order valence-electron chi connectivity index (χ3n) is 3.28. The number of halogens is 1. The second kappa shape index (κ2) is 5.79. The largest absolute Gasteiger partial charge is 0.486 e. The van der Waals surface area contributed by atoms with Crippen molar-refractivity contribution in [3.05, 3.63) is 46.6 Å². The van der Waals surface area contributed by atoms with Gasteiger partial charge in [0.2, 0.25) is 0 Å². The lowest BCUT2D eigenvalue weighted by molar-refractivity contribution is 0.164. The summed E-state index contributed by atoms with van der Waals surface area (Å²) in [4.78, 5) is 3.93. The van der Waals surface area contributed by atoms with Crippen LogP contribution in [-0.4, -0.2) is 23.3 Å². The predicted molar refractivity (Wildman–Crippen MR) is 79.8 cm³/mol. The number of pyridine rings is 1. The van der Waals surface area contributed by atoms with Crippen molar-refractivity contribution in [1.29, 1.82) is 0 Å². The smallest absolute Gasteiger partial charge is 0.179 e. The van der Waals surface area contributed by atoms with Crippen LogP contribution in [0.2, 0.25) is 5.02 Å². The Bertz CT molecular complexity index is 663. The molecule has 1 aromatic carbocycles. The Balaban J connectivity index is 1.84. The fraction of sp³-hybridized carbons (Fsp3) is 0.267. The standard InChI is InChI=1S/C15H15ClN2O3/c16-11-7-10(8-13-15(11)21-4-3-20-13)12(19)5-9-1-2-18-14(17)6-9/h1-2,6-8,12,19H,3-5H2,(H2,17,18). The molecule has 1 aliphatic heterocycles. The number of benzene rings is 1. The Labute approximate surface area is 127 Å². The number of fused-ring (bicyclic) bond motifs is 1. The topological polar surface area (TPSA) is 77.6 Å². The number of nitrogens with two attached hydrogens (primary N) is 1. The number of anilines is 1. The van der Waals surface area contributed by atoms with Gasteiger partial charge in [0.15, 0.2) is 11.5 Å². The van der Waals surface area contributed by atoms with E-state index in [1.807, 2.05) is 6.07 Å². The van der Waals surface area contributed by atoms with Gasteiger partial charge in [-0.15, -0.1) is 0 Å². The zero-order valence-electron chi connectivity index (χ0n) is 11.3. The molecule has 6 heteroatoms. The first-order chi connectivity index (χ1) is 10.1. The van der Waals surface area contributed by atoms with Crippen molar-refractivity contribution in [2.45, 2.75) is 12.5 Å². The van der Waals surface area contributed by atoms with Crippen molar-refractivity contribution < 1.29 is 14.6 Å². The highest BCUT2D eigenvalue weighted by atomic mass is 35.5. The molecule has 2 heterocycles. The lowest BCUT2D eigenvalue weighted by Crippen LogP contribution is -2.16. The van der Waals surface area contributed by atoms with Gasteiger partial charge < -0.3 is 20.3 Å². The zero-order valence-corrected chi connectivity index (χ0v) is 12.0. The molecule has 1 aromatic heterocycles. The molecule has 0 bridgehead atoms. The number of aliphatic hydroxyl groups is 1. The van der Waals surface area contributed by atoms with E-state index in [9.17, 15) is 5.11 Å². The lowest BCUT2D eigenvalue weighted by atomic mass is 10.0. The highest BCUT2D eigenvalue weighted by Crippen LogP contribution is 2.40. The van der Waals surface area contributed by atoms with Crippen LogP contribution in [-0.2, 0) is 6.42 Å². The molecule has 3 N–H and O–H groups in total. The van der Waals surface area contributed by atoms with E-state index in [-0.39, 0.29) is 0 Å². The van der Waals surface area contributed by atoms with E-state index in [4.69, 9.17) is 26.8 Å². The van der Waals surface area contributed by atoms with Crippen molar-refractivity contribution in [1.82, 2.24) is 4.98 Å². The molecule has 0 aliphatic carbocycles. The number of aliphatic hydroxyl groups excluding tert-OH is 1. The molecule has 1 unspecified atom stereocenters. The minimum atomic E-state index is -0.708. The Morgan fingerprint density at radius 2 is 2.10 bits per heavy atom. The molecule has 1 aliphatic rings. The first kappa shape index (κ1) is 14.0. The van der Waals surface area contributed by atoms with Gasteiger partial charge in [-0.2, -0.15) is 0 Å². The van der Waals surface area contributed by atoms with Gasteiger partial charge in [-0.3, -0.25) is 0 Å². The average Bonchev–Trinajstić information content (AvgIpc) is 2.47. The summed E-state index contributed by atoms with van der Waals surface area (Å²) in [6.45, 7) is 0.953. The van der Waals surface area contributed by atoms with E-state index >= 15 is 0 Å². The van der Waals surface area contributed by atoms with Gasteiger partial charge >= 0.3 is 0 Å². The molecule has 0 saturated carbocycles. The fourth-order valence-electron chi connectivity index (χ4n) is 2.29. The summed E-state index contributed by atoms with van der Waals surface area (Å²) in [6.07, 6.45) is 1.33. The van der Waals surface area contributed by atoms with Crippen LogP contribution in [0.4, 0.5) is 5.82 Å². The third kappa shape index (κ3) is 3.04. The van der Waals surface area contributed by atoms with Gasteiger partial charge in [-0.25, -0.2) is 4.98 Å². The SMILES string of the molecule is Nc1cc(CC(O)c2cc(Cl)c3c(c2)OCCO3)ccn1. The molecule has 5 nitrogen and oxygen atoms in total. The van der Waals surface area contributed by atoms with Gasteiger partial charge in [0.25, 0.3) is 0 Å². The summed E-state index contributed by atoms with van der Waals surface area (Å²) in [7, 11) is 0. The molecule has 0 saturated heterocycles. The molecule has 21 heavy (non-hydrogen) atoms. The number of hydrogen-bond donors (Lipinski definition) is 2. The Hall–Kier alpha value is -1.98. The molecule has 110 valence electrons. The van der Waals surface area contributed by atoms with Gasteiger partial charge in [0, 0.05) is 12.6 Å². The zero-order chi connectivity index (χ0) is 14.8. The van der Waals surface area contributed by atoms with Crippen molar-refractivity contribution >= 4 is 17.4 Å². The Morgan fingerprint density at radius 3 is 2.90 bits per heavy atom. The maximum absolute atomic E-state index is 10.4. The number of rotatable bonds is 3. The second-order valence-corrected chi connectivity index (χ2v) is 5.24. The maximum Gasteiger partial charge on any atom is 0.179 e. The Morgan fingerprint density at radius 1 is 1.29 bits per heavy atom. The van der Waals surface area contributed by atoms with Crippen LogP contribution in [0, 0.1) is 0 Å². The van der Waals surface area contributed by atoms with Crippen LogP contribution >= 0.6 is 11.6 Å². The maximum atomic E-state index is 10.4. The molecule has 2 aromatic rings. The fourth-order valence-corrected chi connectivity index (χ4v) is 2.56. The van der Waals surface area contributed by atoms with E-state index in [0.29, 0.717) is 47.5 Å². The molecule has 0 fully saturated rings. The van der Waals surface area contributed by atoms with Crippen molar-refractivity contribution in [3.8, 4) is 11.5 Å². The molecule has 0 spiro atoms. The van der Waals surface area contributed by atoms with Crippen LogP contribution in [0.3, 0.4) is 0 Å². The minimum absolute atomic E-state index is 0.419. The van der Waals surface area contributed by atoms with E-state index in [0.717, 1.165) is 5.56 Å². The van der Waals surface area contributed by atoms with Crippen molar-refractivity contribution in [2.75, 3.05) is 18.9 Å². The van der Waals surface area contributed by atoms with Crippen LogP contribution in [0.1, 0.15) is 17.2 Å². The Kier molecular flexibility index (Phi) is 3.86. The van der Waals surface area contributed by atoms with E-state index < -0.39 is 6.10 Å². The number of ether oxygens (including phenoxy) is 2. The van der Waals surface area contributed by atoms with E-state index in [2.05, 4.69) is 4.98 Å². The molecule has 0 radical (unpaired) electrons. The van der Waals surface area contributed by atoms with Crippen LogP contribution in [0.15, 0.2) is 30.5 Å². The van der Waals surface area contributed by atoms with Crippen LogP contribution < -0.4 is 15.2 Å². The average molecular weight is 307 g/mol. The lowest BCUT2D eigenvalue weighted by Gasteiger charge is -2.21. The highest BCUT2D eigenvalue weighted by molar-refractivity contribution is 6.32. The van der Waals surface area contributed by atoms with Gasteiger partial charge in [0.05, 0.1) is 11.1 Å². The summed E-state index contributed by atoms with van der Waals surface area (Å²) in [6, 6.07) is 7.02. The first-order valence-corrected chi connectivity index (χ1v) is 6.99. The predicted octanol–water partition coefficient (Wildman–Crippen LogP) is 2.36. The van der Waals surface area contributed by atoms with Gasteiger partial charge in [-0.1, -0.05) is 11.6 Å². The molecular weight excluding hydrogens is 292 g/mol. The number of nitrogen functional groups attached to an aromatic ring is 1. The first-order valence-electron chi connectivity index (χ1n) is 6.61. The summed E-state index contributed by atoms with van der Waals surface area (Å²) >= 11 is 6.17. The van der Waals surface area contributed by atoms with E-state index in [1.54, 1.807) is 24.4 Å². The molecule has 0 amide bonds. The van der Waals surface area contributed by atoms with Gasteiger partial charge in [-0.05, 0) is 35.4 Å². The van der Waals surface area contributed by atoms with Crippen molar-refractivity contribution in [2.24, 2.45) is 0 Å². The quantitative estimate of drug-likeness (QED) is 0.910. The van der Waals surface area contributed by atoms with Crippen molar-refractivity contribution in [3.63, 3.8) is 0 Å². The number of nitrogens with zero attached hydrogens (tertiary/aromatic N) is 1. The minimum Gasteiger partial charge on any atom is -0.486 e. The monoisotopic (exact) mass is 306 g/mol. The summed E-state index contributed by atoms with van der Waals surface area (Å²) < 4.78 is 11.0. The summed E-state index contributed by atoms with van der Waals surface area (Å²) in [5.41, 5.74) is 7.22. The third-order valence-corrected chi connectivity index (χ3v) is 3.56. The summed E-state index contributed by atoms with van der Waals surface area (Å²) in [5.74, 6) is 1.53. The van der Waals surface area contributed by atoms with Gasteiger partial charge in [0.1, 0.15) is 19.0 Å². The highest BCUT2D eigenvalue weighted by Gasteiger charge is 2.19. The molecule has 1 atom stereocenters. The summed E-state index contributed by atoms with van der Waals surface area (Å²) in [5, 5.41) is 10.8. The number of hydrogen-bond acceptors (Lipinski definition) is 5. The second-order valence-electron chi connectivity index (χ2n) is 4.84. The van der Waals surface area contributed by atoms with Crippen LogP contribution in [0.5, 0.6) is 11.5 Å². The normalized spacial score (nSPS) is 14.8. The molecule has 3 rings (SSSR count). The number of aromatic nitrogens is 1.